The standard InChI is InChI=1S/C23H28N4O/c1-27(18-22-12-7-15-28-22)17-21-11-6-5-10-20(21)16-26-23(24)25-14-13-19-8-3-2-4-9-19/h2-12,15H,13-14,16-18H2,1H3,(H3,24,25,26). The first-order valence-corrected chi connectivity index (χ1v) is 9.56. The van der Waals surface area contributed by atoms with E-state index in [9.17, 15) is 0 Å². The smallest absolute Gasteiger partial charge is 0.188 e. The van der Waals surface area contributed by atoms with Gasteiger partial charge in [0, 0.05) is 13.1 Å². The van der Waals surface area contributed by atoms with E-state index in [0.29, 0.717) is 12.5 Å². The minimum absolute atomic E-state index is 0.481. The quantitative estimate of drug-likeness (QED) is 0.443. The topological polar surface area (TPSA) is 66.8 Å². The van der Waals surface area contributed by atoms with Crippen LogP contribution in [0.1, 0.15) is 22.5 Å². The highest BCUT2D eigenvalue weighted by atomic mass is 16.3. The van der Waals surface area contributed by atoms with Crippen LogP contribution < -0.4 is 11.1 Å². The molecule has 3 N–H and O–H groups in total. The van der Waals surface area contributed by atoms with Crippen LogP contribution in [0, 0.1) is 0 Å². The van der Waals surface area contributed by atoms with Crippen molar-refractivity contribution in [3.8, 4) is 0 Å². The Balaban J connectivity index is 1.51. The van der Waals surface area contributed by atoms with Gasteiger partial charge in [-0.1, -0.05) is 54.6 Å². The minimum atomic E-state index is 0.481. The summed E-state index contributed by atoms with van der Waals surface area (Å²) in [6.07, 6.45) is 2.63. The van der Waals surface area contributed by atoms with Crippen molar-refractivity contribution in [2.24, 2.45) is 10.7 Å². The summed E-state index contributed by atoms with van der Waals surface area (Å²) in [6.45, 7) is 2.93. The van der Waals surface area contributed by atoms with Crippen molar-refractivity contribution in [2.45, 2.75) is 26.1 Å². The first-order chi connectivity index (χ1) is 13.7. The minimum Gasteiger partial charge on any atom is -0.468 e. The van der Waals surface area contributed by atoms with E-state index in [1.165, 1.54) is 16.7 Å². The van der Waals surface area contributed by atoms with Crippen LogP contribution in [0.5, 0.6) is 0 Å². The molecule has 0 saturated heterocycles. The maximum Gasteiger partial charge on any atom is 0.188 e. The van der Waals surface area contributed by atoms with Gasteiger partial charge in [0.2, 0.25) is 0 Å². The van der Waals surface area contributed by atoms with E-state index in [1.807, 2.05) is 36.4 Å². The van der Waals surface area contributed by atoms with Gasteiger partial charge in [-0.3, -0.25) is 4.90 Å². The van der Waals surface area contributed by atoms with Gasteiger partial charge in [0.15, 0.2) is 5.96 Å². The number of aliphatic imine (C=N–C) groups is 1. The van der Waals surface area contributed by atoms with Gasteiger partial charge in [-0.15, -0.1) is 0 Å². The summed E-state index contributed by atoms with van der Waals surface area (Å²) in [5.74, 6) is 1.44. The maximum atomic E-state index is 6.04. The molecule has 1 aromatic heterocycles. The van der Waals surface area contributed by atoms with E-state index >= 15 is 0 Å². The number of guanidine groups is 1. The van der Waals surface area contributed by atoms with Gasteiger partial charge in [-0.25, -0.2) is 4.99 Å². The lowest BCUT2D eigenvalue weighted by Crippen LogP contribution is -2.33. The predicted octanol–water partition coefficient (Wildman–Crippen LogP) is 3.56. The highest BCUT2D eigenvalue weighted by Gasteiger charge is 2.07. The Morgan fingerprint density at radius 2 is 1.71 bits per heavy atom. The van der Waals surface area contributed by atoms with Crippen molar-refractivity contribution in [1.29, 1.82) is 0 Å². The number of nitrogens with one attached hydrogen (secondary N) is 1. The molecule has 2 aromatic carbocycles. The summed E-state index contributed by atoms with van der Waals surface area (Å²) in [4.78, 5) is 6.74. The van der Waals surface area contributed by atoms with Gasteiger partial charge < -0.3 is 15.5 Å². The van der Waals surface area contributed by atoms with Crippen LogP contribution in [0.4, 0.5) is 0 Å². The molecule has 1 heterocycles. The summed E-state index contributed by atoms with van der Waals surface area (Å²) >= 11 is 0. The second-order valence-electron chi connectivity index (χ2n) is 6.88. The van der Waals surface area contributed by atoms with Gasteiger partial charge in [0.1, 0.15) is 5.76 Å². The van der Waals surface area contributed by atoms with Gasteiger partial charge in [-0.05, 0) is 42.3 Å². The van der Waals surface area contributed by atoms with Gasteiger partial charge >= 0.3 is 0 Å². The largest absolute Gasteiger partial charge is 0.468 e. The first-order valence-electron chi connectivity index (χ1n) is 9.56. The molecule has 0 aliphatic heterocycles. The lowest BCUT2D eigenvalue weighted by molar-refractivity contribution is 0.287. The zero-order valence-electron chi connectivity index (χ0n) is 16.3. The average molecular weight is 377 g/mol. The second kappa shape index (κ2) is 10.3. The van der Waals surface area contributed by atoms with E-state index < -0.39 is 0 Å². The van der Waals surface area contributed by atoms with Crippen molar-refractivity contribution < 1.29 is 4.42 Å². The van der Waals surface area contributed by atoms with Crippen LogP contribution in [-0.4, -0.2) is 24.5 Å². The molecule has 0 saturated carbocycles. The molecular weight excluding hydrogens is 348 g/mol. The van der Waals surface area contributed by atoms with Crippen LogP contribution in [-0.2, 0) is 26.1 Å². The van der Waals surface area contributed by atoms with Crippen molar-refractivity contribution in [2.75, 3.05) is 13.6 Å². The number of hydrogen-bond acceptors (Lipinski definition) is 3. The Kier molecular flexibility index (Phi) is 7.27. The molecule has 0 aliphatic rings. The van der Waals surface area contributed by atoms with Crippen molar-refractivity contribution >= 4 is 5.96 Å². The third-order valence-electron chi connectivity index (χ3n) is 4.55. The number of nitrogens with two attached hydrogens (primary N) is 1. The van der Waals surface area contributed by atoms with Crippen molar-refractivity contribution in [3.63, 3.8) is 0 Å². The Hall–Kier alpha value is -3.05. The number of benzene rings is 2. The first kappa shape index (κ1) is 19.7. The third kappa shape index (κ3) is 6.28. The van der Waals surface area contributed by atoms with Crippen LogP contribution in [0.3, 0.4) is 0 Å². The Morgan fingerprint density at radius 3 is 2.46 bits per heavy atom. The van der Waals surface area contributed by atoms with Crippen molar-refractivity contribution in [1.82, 2.24) is 10.2 Å². The molecule has 0 fully saturated rings. The molecule has 0 aliphatic carbocycles. The zero-order chi connectivity index (χ0) is 19.6. The van der Waals surface area contributed by atoms with E-state index in [0.717, 1.165) is 31.8 Å². The molecule has 0 radical (unpaired) electrons. The van der Waals surface area contributed by atoms with E-state index in [-0.39, 0.29) is 0 Å². The molecule has 0 bridgehead atoms. The molecule has 0 unspecified atom stereocenters. The predicted molar refractivity (Wildman–Crippen MR) is 114 cm³/mol. The lowest BCUT2D eigenvalue weighted by Gasteiger charge is -2.17. The number of furan rings is 1. The number of rotatable bonds is 9. The maximum absolute atomic E-state index is 6.04. The fourth-order valence-corrected chi connectivity index (χ4v) is 3.09. The molecule has 5 heteroatoms. The zero-order valence-corrected chi connectivity index (χ0v) is 16.3. The fourth-order valence-electron chi connectivity index (χ4n) is 3.09. The highest BCUT2D eigenvalue weighted by molar-refractivity contribution is 5.77. The molecule has 146 valence electrons. The molecule has 28 heavy (non-hydrogen) atoms. The Morgan fingerprint density at radius 1 is 0.964 bits per heavy atom. The molecular formula is C23H28N4O. The summed E-state index contributed by atoms with van der Waals surface area (Å²) in [5, 5.41) is 3.20. The van der Waals surface area contributed by atoms with Gasteiger partial charge in [0.25, 0.3) is 0 Å². The van der Waals surface area contributed by atoms with E-state index in [1.54, 1.807) is 6.26 Å². The molecule has 0 spiro atoms. The summed E-state index contributed by atoms with van der Waals surface area (Å²) in [7, 11) is 2.09. The summed E-state index contributed by atoms with van der Waals surface area (Å²) < 4.78 is 5.43. The number of hydrogen-bond donors (Lipinski definition) is 2. The lowest BCUT2D eigenvalue weighted by atomic mass is 10.1. The highest BCUT2D eigenvalue weighted by Crippen LogP contribution is 2.14. The fraction of sp³-hybridized carbons (Fsp3) is 0.261. The third-order valence-corrected chi connectivity index (χ3v) is 4.55. The normalized spacial score (nSPS) is 11.7. The molecule has 3 aromatic rings. The Bertz CT molecular complexity index is 859. The summed E-state index contributed by atoms with van der Waals surface area (Å²) in [5.41, 5.74) is 9.76. The monoisotopic (exact) mass is 376 g/mol. The van der Waals surface area contributed by atoms with Crippen LogP contribution >= 0.6 is 0 Å². The second-order valence-corrected chi connectivity index (χ2v) is 6.88. The van der Waals surface area contributed by atoms with Crippen LogP contribution in [0.15, 0.2) is 82.4 Å². The van der Waals surface area contributed by atoms with Gasteiger partial charge in [0.05, 0.1) is 19.4 Å². The average Bonchev–Trinajstić information content (AvgIpc) is 3.21. The molecule has 3 rings (SSSR count). The van der Waals surface area contributed by atoms with Gasteiger partial charge in [-0.2, -0.15) is 0 Å². The van der Waals surface area contributed by atoms with E-state index in [4.69, 9.17) is 10.2 Å². The molecule has 5 nitrogen and oxygen atoms in total. The van der Waals surface area contributed by atoms with Crippen LogP contribution in [0.2, 0.25) is 0 Å². The van der Waals surface area contributed by atoms with E-state index in [2.05, 4.69) is 52.6 Å². The molecule has 0 atom stereocenters. The molecule has 0 amide bonds. The number of nitrogens with zero attached hydrogens (tertiary/aromatic N) is 2. The summed E-state index contributed by atoms with van der Waals surface area (Å²) in [6, 6.07) is 22.6. The van der Waals surface area contributed by atoms with Crippen molar-refractivity contribution in [3.05, 3.63) is 95.4 Å². The SMILES string of the molecule is CN(Cc1ccco1)Cc1ccccc1CN=C(N)NCCc1ccccc1. The van der Waals surface area contributed by atoms with Crippen LogP contribution in [0.25, 0.3) is 0 Å². The Labute approximate surface area is 166 Å².